The Hall–Kier alpha value is -4.35. The number of nitrogens with zero attached hydrogens (tertiary/aromatic N) is 2. The van der Waals surface area contributed by atoms with Crippen molar-refractivity contribution in [1.29, 1.82) is 5.26 Å². The van der Waals surface area contributed by atoms with Gasteiger partial charge in [-0.1, -0.05) is 72.8 Å². The maximum absolute atomic E-state index is 9.46. The number of hydrogen-bond donors (Lipinski definition) is 0. The molecule has 6 rings (SSSR count). The molecular formula is C29H18N2. The third-order valence-electron chi connectivity index (χ3n) is 6.02. The van der Waals surface area contributed by atoms with Gasteiger partial charge < -0.3 is 4.57 Å². The Morgan fingerprint density at radius 3 is 1.94 bits per heavy atom. The molecule has 0 N–H and O–H groups in total. The van der Waals surface area contributed by atoms with E-state index in [0.717, 1.165) is 22.2 Å². The highest BCUT2D eigenvalue weighted by atomic mass is 15.0. The smallest absolute Gasteiger partial charge is 0.0998 e. The summed E-state index contributed by atoms with van der Waals surface area (Å²) >= 11 is 0. The first kappa shape index (κ1) is 17.5. The van der Waals surface area contributed by atoms with Crippen LogP contribution in [0.3, 0.4) is 0 Å². The van der Waals surface area contributed by atoms with Crippen molar-refractivity contribution in [3.8, 4) is 22.9 Å². The van der Waals surface area contributed by atoms with Crippen molar-refractivity contribution in [1.82, 2.24) is 4.57 Å². The zero-order chi connectivity index (χ0) is 20.8. The minimum Gasteiger partial charge on any atom is -0.309 e. The number of nitriles is 1. The van der Waals surface area contributed by atoms with Gasteiger partial charge in [-0.2, -0.15) is 5.26 Å². The van der Waals surface area contributed by atoms with Crippen molar-refractivity contribution >= 4 is 32.6 Å². The molecule has 0 fully saturated rings. The Morgan fingerprint density at radius 2 is 1.19 bits per heavy atom. The van der Waals surface area contributed by atoms with Gasteiger partial charge in [0.05, 0.1) is 22.7 Å². The quantitative estimate of drug-likeness (QED) is 0.299. The second kappa shape index (κ2) is 6.86. The lowest BCUT2D eigenvalue weighted by Gasteiger charge is -2.11. The van der Waals surface area contributed by atoms with Crippen LogP contribution < -0.4 is 0 Å². The topological polar surface area (TPSA) is 28.7 Å². The number of aromatic nitrogens is 1. The lowest BCUT2D eigenvalue weighted by atomic mass is 9.97. The molecule has 144 valence electrons. The monoisotopic (exact) mass is 394 g/mol. The average Bonchev–Trinajstić information content (AvgIpc) is 3.18. The van der Waals surface area contributed by atoms with Crippen LogP contribution in [0, 0.1) is 11.3 Å². The summed E-state index contributed by atoms with van der Waals surface area (Å²) in [5.41, 5.74) is 6.30. The molecule has 2 nitrogen and oxygen atoms in total. The number of fused-ring (bicyclic) bond motifs is 4. The standard InChI is InChI=1S/C29H18N2/c30-19-23-7-1-2-8-25(23)22-14-13-21-18-24(16-15-20(21)17-22)31-28-11-5-3-9-26(28)27-10-4-6-12-29(27)31/h1-18H. The van der Waals surface area contributed by atoms with E-state index in [1.54, 1.807) is 0 Å². The van der Waals surface area contributed by atoms with Gasteiger partial charge in [0.15, 0.2) is 0 Å². The molecule has 0 saturated heterocycles. The van der Waals surface area contributed by atoms with Crippen LogP contribution in [-0.4, -0.2) is 4.57 Å². The summed E-state index contributed by atoms with van der Waals surface area (Å²) in [5.74, 6) is 0. The van der Waals surface area contributed by atoms with E-state index in [-0.39, 0.29) is 0 Å². The Bertz CT molecular complexity index is 1590. The Kier molecular flexibility index (Phi) is 3.88. The first-order valence-electron chi connectivity index (χ1n) is 10.4. The average molecular weight is 394 g/mol. The van der Waals surface area contributed by atoms with Crippen LogP contribution in [0.1, 0.15) is 5.56 Å². The summed E-state index contributed by atoms with van der Waals surface area (Å²) in [6.45, 7) is 0. The van der Waals surface area contributed by atoms with E-state index in [2.05, 4.69) is 95.6 Å². The molecule has 0 aliphatic carbocycles. The fourth-order valence-electron chi connectivity index (χ4n) is 4.57. The lowest BCUT2D eigenvalue weighted by Crippen LogP contribution is -1.93. The summed E-state index contributed by atoms with van der Waals surface area (Å²) < 4.78 is 2.34. The number of rotatable bonds is 2. The van der Waals surface area contributed by atoms with E-state index < -0.39 is 0 Å². The summed E-state index contributed by atoms with van der Waals surface area (Å²) in [4.78, 5) is 0. The molecular weight excluding hydrogens is 376 g/mol. The first-order chi connectivity index (χ1) is 15.3. The van der Waals surface area contributed by atoms with Gasteiger partial charge >= 0.3 is 0 Å². The Labute approximate surface area is 180 Å². The maximum atomic E-state index is 9.46. The van der Waals surface area contributed by atoms with Gasteiger partial charge in [0.2, 0.25) is 0 Å². The van der Waals surface area contributed by atoms with Crippen LogP contribution in [0.5, 0.6) is 0 Å². The van der Waals surface area contributed by atoms with Crippen molar-refractivity contribution in [2.45, 2.75) is 0 Å². The number of para-hydroxylation sites is 2. The van der Waals surface area contributed by atoms with E-state index in [1.807, 2.05) is 24.3 Å². The molecule has 6 aromatic rings. The minimum atomic E-state index is 0.698. The van der Waals surface area contributed by atoms with E-state index >= 15 is 0 Å². The minimum absolute atomic E-state index is 0.698. The molecule has 0 aliphatic heterocycles. The summed E-state index contributed by atoms with van der Waals surface area (Å²) in [5, 5.41) is 14.3. The Balaban J connectivity index is 1.55. The molecule has 0 atom stereocenters. The van der Waals surface area contributed by atoms with E-state index in [0.29, 0.717) is 5.56 Å². The predicted octanol–water partition coefficient (Wildman–Crippen LogP) is 7.48. The molecule has 0 amide bonds. The van der Waals surface area contributed by atoms with E-state index in [4.69, 9.17) is 0 Å². The van der Waals surface area contributed by atoms with Crippen LogP contribution in [0.2, 0.25) is 0 Å². The molecule has 5 aromatic carbocycles. The SMILES string of the molecule is N#Cc1ccccc1-c1ccc2cc(-n3c4ccccc4c4ccccc43)ccc2c1. The van der Waals surface area contributed by atoms with Gasteiger partial charge in [-0.3, -0.25) is 0 Å². The molecule has 1 aromatic heterocycles. The summed E-state index contributed by atoms with van der Waals surface area (Å²) in [6, 6.07) is 40.2. The fourth-order valence-corrected chi connectivity index (χ4v) is 4.57. The largest absolute Gasteiger partial charge is 0.309 e. The molecule has 0 unspecified atom stereocenters. The first-order valence-corrected chi connectivity index (χ1v) is 10.4. The van der Waals surface area contributed by atoms with Gasteiger partial charge in [-0.25, -0.2) is 0 Å². The van der Waals surface area contributed by atoms with Crippen LogP contribution >= 0.6 is 0 Å². The molecule has 2 heteroatoms. The fraction of sp³-hybridized carbons (Fsp3) is 0. The van der Waals surface area contributed by atoms with Crippen LogP contribution in [0.25, 0.3) is 49.4 Å². The van der Waals surface area contributed by atoms with Crippen molar-refractivity contribution in [3.05, 3.63) is 115 Å². The normalized spacial score (nSPS) is 11.2. The van der Waals surface area contributed by atoms with Crippen LogP contribution in [-0.2, 0) is 0 Å². The summed E-state index contributed by atoms with van der Waals surface area (Å²) in [7, 11) is 0. The highest BCUT2D eigenvalue weighted by Crippen LogP contribution is 2.33. The predicted molar refractivity (Wildman–Crippen MR) is 128 cm³/mol. The van der Waals surface area contributed by atoms with E-state index in [9.17, 15) is 5.26 Å². The molecule has 0 saturated carbocycles. The van der Waals surface area contributed by atoms with Crippen LogP contribution in [0.15, 0.2) is 109 Å². The molecule has 0 bridgehead atoms. The zero-order valence-corrected chi connectivity index (χ0v) is 16.8. The third kappa shape index (κ3) is 2.72. The van der Waals surface area contributed by atoms with Gasteiger partial charge in [-0.15, -0.1) is 0 Å². The molecule has 0 radical (unpaired) electrons. The van der Waals surface area contributed by atoms with Gasteiger partial charge in [0, 0.05) is 16.5 Å². The number of benzene rings is 5. The van der Waals surface area contributed by atoms with Crippen molar-refractivity contribution in [3.63, 3.8) is 0 Å². The summed E-state index contributed by atoms with van der Waals surface area (Å²) in [6.07, 6.45) is 0. The van der Waals surface area contributed by atoms with Crippen molar-refractivity contribution < 1.29 is 0 Å². The molecule has 31 heavy (non-hydrogen) atoms. The maximum Gasteiger partial charge on any atom is 0.0998 e. The highest BCUT2D eigenvalue weighted by molar-refractivity contribution is 6.09. The lowest BCUT2D eigenvalue weighted by molar-refractivity contribution is 1.19. The van der Waals surface area contributed by atoms with Gasteiger partial charge in [0.1, 0.15) is 0 Å². The van der Waals surface area contributed by atoms with Crippen LogP contribution in [0.4, 0.5) is 0 Å². The second-order valence-electron chi connectivity index (χ2n) is 7.77. The Morgan fingerprint density at radius 1 is 0.581 bits per heavy atom. The van der Waals surface area contributed by atoms with Crippen molar-refractivity contribution in [2.75, 3.05) is 0 Å². The molecule has 0 aliphatic rings. The van der Waals surface area contributed by atoms with Gasteiger partial charge in [-0.05, 0) is 58.3 Å². The number of hydrogen-bond acceptors (Lipinski definition) is 1. The van der Waals surface area contributed by atoms with Crippen molar-refractivity contribution in [2.24, 2.45) is 0 Å². The zero-order valence-electron chi connectivity index (χ0n) is 16.8. The van der Waals surface area contributed by atoms with Gasteiger partial charge in [0.25, 0.3) is 0 Å². The second-order valence-corrected chi connectivity index (χ2v) is 7.77. The highest BCUT2D eigenvalue weighted by Gasteiger charge is 2.12. The third-order valence-corrected chi connectivity index (χ3v) is 6.02. The van der Waals surface area contributed by atoms with E-state index in [1.165, 1.54) is 27.2 Å². The molecule has 0 spiro atoms. The molecule has 1 heterocycles.